The second-order valence-electron chi connectivity index (χ2n) is 4.83. The van der Waals surface area contributed by atoms with Gasteiger partial charge in [-0.05, 0) is 27.3 Å². The monoisotopic (exact) mass is 340 g/mol. The second kappa shape index (κ2) is 12.9. The van der Waals surface area contributed by atoms with Crippen molar-refractivity contribution < 1.29 is 4.79 Å². The van der Waals surface area contributed by atoms with Gasteiger partial charge in [-0.15, -0.1) is 11.8 Å². The molecule has 7 nitrogen and oxygen atoms in total. The van der Waals surface area contributed by atoms with Gasteiger partial charge in [0.15, 0.2) is 0 Å². The lowest BCUT2D eigenvalue weighted by molar-refractivity contribution is 0.244. The standard InChI is InChI=1S/C7H6N4O.C4H11NS.C4H11N/c12-7(10-3-1-8-5-10)11-4-2-9-6-11;1-4(5-2)6-3;1-4(2)5-3/h1-6H;4-5H,1-3H3;4-5H,1-3H3. The molecule has 0 saturated carbocycles. The van der Waals surface area contributed by atoms with Crippen LogP contribution in [0.15, 0.2) is 37.4 Å². The lowest BCUT2D eigenvalue weighted by atomic mass is 10.4. The van der Waals surface area contributed by atoms with Crippen molar-refractivity contribution in [2.45, 2.75) is 32.2 Å². The predicted octanol–water partition coefficient (Wildman–Crippen LogP) is 2.12. The summed E-state index contributed by atoms with van der Waals surface area (Å²) in [4.78, 5) is 18.9. The van der Waals surface area contributed by atoms with E-state index in [1.54, 1.807) is 24.8 Å². The summed E-state index contributed by atoms with van der Waals surface area (Å²) in [5.41, 5.74) is 0. The number of thioether (sulfide) groups is 1. The molecule has 1 atom stereocenters. The maximum atomic E-state index is 11.4. The maximum absolute atomic E-state index is 11.4. The number of hydrogen-bond acceptors (Lipinski definition) is 6. The fourth-order valence-corrected chi connectivity index (χ4v) is 1.23. The van der Waals surface area contributed by atoms with Crippen LogP contribution in [0.3, 0.4) is 0 Å². The molecule has 0 spiro atoms. The molecule has 0 saturated heterocycles. The molecule has 2 aromatic rings. The van der Waals surface area contributed by atoms with Gasteiger partial charge in [-0.3, -0.25) is 9.13 Å². The Bertz CT molecular complexity index is 458. The number of aromatic nitrogens is 4. The zero-order chi connectivity index (χ0) is 17.7. The molecule has 130 valence electrons. The number of carbonyl (C=O) groups is 1. The van der Waals surface area contributed by atoms with E-state index in [1.165, 1.54) is 21.8 Å². The van der Waals surface area contributed by atoms with Gasteiger partial charge < -0.3 is 10.6 Å². The van der Waals surface area contributed by atoms with Gasteiger partial charge in [0.25, 0.3) is 0 Å². The van der Waals surface area contributed by atoms with Crippen molar-refractivity contribution in [1.29, 1.82) is 0 Å². The lowest BCUT2D eigenvalue weighted by Gasteiger charge is -2.01. The minimum absolute atomic E-state index is 0.190. The first kappa shape index (κ1) is 21.4. The first-order valence-electron chi connectivity index (χ1n) is 7.34. The summed E-state index contributed by atoms with van der Waals surface area (Å²) in [6.45, 7) is 6.35. The van der Waals surface area contributed by atoms with Crippen LogP contribution in [-0.2, 0) is 0 Å². The van der Waals surface area contributed by atoms with Crippen LogP contribution in [0.1, 0.15) is 20.8 Å². The summed E-state index contributed by atoms with van der Waals surface area (Å²) in [7, 11) is 3.91. The van der Waals surface area contributed by atoms with Crippen LogP contribution >= 0.6 is 11.8 Å². The lowest BCUT2D eigenvalue weighted by Crippen LogP contribution is -2.15. The Kier molecular flexibility index (Phi) is 11.9. The van der Waals surface area contributed by atoms with Crippen LogP contribution in [-0.4, -0.2) is 56.9 Å². The topological polar surface area (TPSA) is 76.8 Å². The average Bonchev–Trinajstić information content (AvgIpc) is 3.27. The maximum Gasteiger partial charge on any atom is 0.338 e. The molecule has 0 aliphatic rings. The molecule has 0 amide bonds. The highest BCUT2D eigenvalue weighted by molar-refractivity contribution is 7.99. The Morgan fingerprint density at radius 1 is 1.00 bits per heavy atom. The molecule has 0 fully saturated rings. The van der Waals surface area contributed by atoms with Gasteiger partial charge >= 0.3 is 6.03 Å². The molecule has 0 radical (unpaired) electrons. The molecule has 23 heavy (non-hydrogen) atoms. The van der Waals surface area contributed by atoms with Crippen molar-refractivity contribution >= 4 is 17.8 Å². The summed E-state index contributed by atoms with van der Waals surface area (Å²) in [5.74, 6) is 0. The van der Waals surface area contributed by atoms with Crippen LogP contribution < -0.4 is 10.6 Å². The molecular weight excluding hydrogens is 312 g/mol. The molecule has 0 bridgehead atoms. The Labute approximate surface area is 142 Å². The summed E-state index contributed by atoms with van der Waals surface area (Å²) in [5, 5.41) is 6.71. The summed E-state index contributed by atoms with van der Waals surface area (Å²) in [6.07, 6.45) is 11.3. The Morgan fingerprint density at radius 3 is 1.61 bits per heavy atom. The van der Waals surface area contributed by atoms with Crippen molar-refractivity contribution in [3.63, 3.8) is 0 Å². The zero-order valence-electron chi connectivity index (χ0n) is 14.7. The van der Waals surface area contributed by atoms with Crippen LogP contribution in [0.5, 0.6) is 0 Å². The summed E-state index contributed by atoms with van der Waals surface area (Å²) < 4.78 is 2.75. The number of nitrogens with zero attached hydrogens (tertiary/aromatic N) is 4. The molecule has 8 heteroatoms. The van der Waals surface area contributed by atoms with Gasteiger partial charge in [-0.25, -0.2) is 14.8 Å². The van der Waals surface area contributed by atoms with Crippen molar-refractivity contribution in [2.75, 3.05) is 20.4 Å². The van der Waals surface area contributed by atoms with Crippen molar-refractivity contribution in [1.82, 2.24) is 29.7 Å². The van der Waals surface area contributed by atoms with E-state index in [2.05, 4.69) is 47.6 Å². The second-order valence-corrected chi connectivity index (χ2v) is 6.01. The Morgan fingerprint density at radius 2 is 1.43 bits per heavy atom. The van der Waals surface area contributed by atoms with Gasteiger partial charge in [-0.2, -0.15) is 0 Å². The number of rotatable bonds is 3. The van der Waals surface area contributed by atoms with Crippen molar-refractivity contribution in [3.8, 4) is 0 Å². The van der Waals surface area contributed by atoms with Crippen LogP contribution in [0.25, 0.3) is 0 Å². The van der Waals surface area contributed by atoms with Gasteiger partial charge in [0, 0.05) is 36.2 Å². The van der Waals surface area contributed by atoms with Crippen molar-refractivity contribution in [3.05, 3.63) is 37.4 Å². The first-order chi connectivity index (χ1) is 11.0. The van der Waals surface area contributed by atoms with E-state index < -0.39 is 0 Å². The summed E-state index contributed by atoms with van der Waals surface area (Å²) >= 11 is 1.81. The molecule has 2 N–H and O–H groups in total. The minimum Gasteiger partial charge on any atom is -0.318 e. The normalized spacial score (nSPS) is 11.1. The first-order valence-corrected chi connectivity index (χ1v) is 8.62. The zero-order valence-corrected chi connectivity index (χ0v) is 15.5. The number of hydrogen-bond donors (Lipinski definition) is 2. The third-order valence-corrected chi connectivity index (χ3v) is 3.73. The van der Waals surface area contributed by atoms with E-state index in [-0.39, 0.29) is 6.03 Å². The predicted molar refractivity (Wildman–Crippen MR) is 96.9 cm³/mol. The smallest absolute Gasteiger partial charge is 0.318 e. The highest BCUT2D eigenvalue weighted by Gasteiger charge is 2.03. The van der Waals surface area contributed by atoms with E-state index >= 15 is 0 Å². The fraction of sp³-hybridized carbons (Fsp3) is 0.533. The van der Waals surface area contributed by atoms with E-state index in [0.29, 0.717) is 11.4 Å². The highest BCUT2D eigenvalue weighted by atomic mass is 32.2. The molecule has 0 aliphatic heterocycles. The number of imidazole rings is 2. The third-order valence-electron chi connectivity index (χ3n) is 2.79. The number of nitrogens with one attached hydrogen (secondary N) is 2. The van der Waals surface area contributed by atoms with Crippen LogP contribution in [0, 0.1) is 0 Å². The van der Waals surface area contributed by atoms with Gasteiger partial charge in [-0.1, -0.05) is 13.8 Å². The minimum atomic E-state index is -0.190. The SMILES string of the molecule is CNC(C)C.CNC(C)SC.O=C(n1ccnc1)n1ccnc1. The average molecular weight is 340 g/mol. The Hall–Kier alpha value is -1.64. The van der Waals surface area contributed by atoms with Gasteiger partial charge in [0.1, 0.15) is 12.7 Å². The van der Waals surface area contributed by atoms with Gasteiger partial charge in [0.05, 0.1) is 0 Å². The molecule has 2 aromatic heterocycles. The quantitative estimate of drug-likeness (QED) is 0.834. The largest absolute Gasteiger partial charge is 0.338 e. The molecular formula is C15H28N6OS. The summed E-state index contributed by atoms with van der Waals surface area (Å²) in [6, 6.07) is 0.444. The molecule has 0 aromatic carbocycles. The molecule has 2 heterocycles. The molecule has 0 aliphatic carbocycles. The molecule has 1 unspecified atom stereocenters. The van der Waals surface area contributed by atoms with E-state index in [9.17, 15) is 4.79 Å². The molecule has 2 rings (SSSR count). The number of carbonyl (C=O) groups excluding carboxylic acids is 1. The van der Waals surface area contributed by atoms with E-state index in [0.717, 1.165) is 0 Å². The van der Waals surface area contributed by atoms with E-state index in [4.69, 9.17) is 0 Å². The van der Waals surface area contributed by atoms with Gasteiger partial charge in [0.2, 0.25) is 0 Å². The van der Waals surface area contributed by atoms with E-state index in [1.807, 2.05) is 25.9 Å². The third kappa shape index (κ3) is 9.88. The highest BCUT2D eigenvalue weighted by Crippen LogP contribution is 1.97. The Balaban J connectivity index is 0.000000374. The van der Waals surface area contributed by atoms with Crippen molar-refractivity contribution in [2.24, 2.45) is 0 Å². The van der Waals surface area contributed by atoms with Crippen LogP contribution in [0.4, 0.5) is 4.79 Å². The fourth-order valence-electron chi connectivity index (χ4n) is 0.996. The van der Waals surface area contributed by atoms with Crippen LogP contribution in [0.2, 0.25) is 0 Å².